The van der Waals surface area contributed by atoms with Gasteiger partial charge in [-0.1, -0.05) is 28.1 Å². The number of halogens is 1. The molecule has 0 spiro atoms. The summed E-state index contributed by atoms with van der Waals surface area (Å²) in [6.45, 7) is 7.87. The smallest absolute Gasteiger partial charge is 0.410 e. The minimum Gasteiger partial charge on any atom is -0.444 e. The molecule has 20 heavy (non-hydrogen) atoms. The zero-order valence-corrected chi connectivity index (χ0v) is 13.7. The molecule has 0 aromatic heterocycles. The Kier molecular flexibility index (Phi) is 4.70. The molecule has 1 saturated heterocycles. The number of hydrogen-bond donors (Lipinski definition) is 1. The highest BCUT2D eigenvalue weighted by atomic mass is 79.9. The lowest BCUT2D eigenvalue weighted by molar-refractivity contribution is 0.0118. The molecule has 0 radical (unpaired) electrons. The van der Waals surface area contributed by atoms with E-state index in [-0.39, 0.29) is 12.1 Å². The first-order chi connectivity index (χ1) is 9.37. The van der Waals surface area contributed by atoms with E-state index in [1.807, 2.05) is 43.9 Å². The Bertz CT molecular complexity index is 485. The van der Waals surface area contributed by atoms with Crippen LogP contribution >= 0.6 is 15.9 Å². The van der Waals surface area contributed by atoms with Crippen LogP contribution in [-0.2, 0) is 4.74 Å². The van der Waals surface area contributed by atoms with Gasteiger partial charge in [-0.05, 0) is 38.5 Å². The zero-order valence-electron chi connectivity index (χ0n) is 12.1. The average molecular weight is 341 g/mol. The molecule has 1 heterocycles. The van der Waals surface area contributed by atoms with E-state index < -0.39 is 5.60 Å². The van der Waals surface area contributed by atoms with E-state index in [1.165, 1.54) is 0 Å². The minimum absolute atomic E-state index is 0.0103. The van der Waals surface area contributed by atoms with Gasteiger partial charge in [0.15, 0.2) is 0 Å². The van der Waals surface area contributed by atoms with Crippen molar-refractivity contribution in [1.29, 1.82) is 0 Å². The van der Waals surface area contributed by atoms with E-state index in [0.29, 0.717) is 6.54 Å². The predicted octanol–water partition coefficient (Wildman–Crippen LogP) is 3.33. The topological polar surface area (TPSA) is 41.6 Å². The van der Waals surface area contributed by atoms with Gasteiger partial charge in [0.1, 0.15) is 5.60 Å². The summed E-state index contributed by atoms with van der Waals surface area (Å²) in [6, 6.07) is 8.07. The van der Waals surface area contributed by atoms with Crippen molar-refractivity contribution in [3.05, 3.63) is 34.3 Å². The molecule has 0 bridgehead atoms. The fourth-order valence-corrected chi connectivity index (χ4v) is 2.67. The van der Waals surface area contributed by atoms with Gasteiger partial charge in [-0.3, -0.25) is 4.90 Å². The molecule has 5 heteroatoms. The molecule has 1 unspecified atom stereocenters. The van der Waals surface area contributed by atoms with Crippen molar-refractivity contribution >= 4 is 22.0 Å². The highest BCUT2D eigenvalue weighted by Gasteiger charge is 2.31. The number of carbonyl (C=O) groups excluding carboxylic acids is 1. The van der Waals surface area contributed by atoms with Crippen molar-refractivity contribution in [3.63, 3.8) is 0 Å². The van der Waals surface area contributed by atoms with Gasteiger partial charge in [-0.2, -0.15) is 0 Å². The molecule has 0 saturated carbocycles. The highest BCUT2D eigenvalue weighted by molar-refractivity contribution is 9.10. The summed E-state index contributed by atoms with van der Waals surface area (Å²) in [7, 11) is 0. The van der Waals surface area contributed by atoms with Gasteiger partial charge in [0.25, 0.3) is 0 Å². The van der Waals surface area contributed by atoms with Gasteiger partial charge in [0.05, 0.1) is 6.04 Å². The van der Waals surface area contributed by atoms with Crippen molar-refractivity contribution in [2.24, 2.45) is 0 Å². The number of amides is 1. The molecule has 110 valence electrons. The lowest BCUT2D eigenvalue weighted by atomic mass is 10.0. The van der Waals surface area contributed by atoms with Crippen molar-refractivity contribution in [1.82, 2.24) is 10.2 Å². The summed E-state index contributed by atoms with van der Waals surface area (Å²) >= 11 is 3.48. The second-order valence-electron chi connectivity index (χ2n) is 5.95. The molecular formula is C15H21BrN2O2. The molecule has 1 fully saturated rings. The normalized spacial score (nSPS) is 19.8. The van der Waals surface area contributed by atoms with Gasteiger partial charge >= 0.3 is 6.09 Å². The lowest BCUT2D eigenvalue weighted by Gasteiger charge is -2.37. The zero-order chi connectivity index (χ0) is 14.8. The number of hydrogen-bond acceptors (Lipinski definition) is 3. The predicted molar refractivity (Wildman–Crippen MR) is 82.7 cm³/mol. The fourth-order valence-electron chi connectivity index (χ4n) is 2.26. The fraction of sp³-hybridized carbons (Fsp3) is 0.533. The average Bonchev–Trinajstić information content (AvgIpc) is 2.37. The first-order valence-corrected chi connectivity index (χ1v) is 7.62. The van der Waals surface area contributed by atoms with Gasteiger partial charge in [-0.25, -0.2) is 4.79 Å². The third-order valence-electron chi connectivity index (χ3n) is 3.10. The first kappa shape index (κ1) is 15.3. The summed E-state index contributed by atoms with van der Waals surface area (Å²) in [5, 5.41) is 3.34. The SMILES string of the molecule is CC(C)(C)OC(=O)N1CCNCC1c1cccc(Br)c1. The molecule has 1 N–H and O–H groups in total. The Morgan fingerprint density at radius 2 is 2.20 bits per heavy atom. The molecule has 1 atom stereocenters. The quantitative estimate of drug-likeness (QED) is 0.852. The van der Waals surface area contributed by atoms with Crippen molar-refractivity contribution in [2.75, 3.05) is 19.6 Å². The minimum atomic E-state index is -0.468. The first-order valence-electron chi connectivity index (χ1n) is 6.82. The number of nitrogens with one attached hydrogen (secondary N) is 1. The largest absolute Gasteiger partial charge is 0.444 e. The monoisotopic (exact) mass is 340 g/mol. The van der Waals surface area contributed by atoms with E-state index in [9.17, 15) is 4.79 Å². The van der Waals surface area contributed by atoms with Gasteiger partial charge < -0.3 is 10.1 Å². The van der Waals surface area contributed by atoms with Crippen molar-refractivity contribution in [3.8, 4) is 0 Å². The summed E-state index contributed by atoms with van der Waals surface area (Å²) < 4.78 is 6.52. The Balaban J connectivity index is 2.19. The summed E-state index contributed by atoms with van der Waals surface area (Å²) in [6.07, 6.45) is -0.246. The van der Waals surface area contributed by atoms with Crippen LogP contribution in [0.15, 0.2) is 28.7 Å². The highest BCUT2D eigenvalue weighted by Crippen LogP contribution is 2.26. The molecule has 1 aliphatic heterocycles. The molecule has 1 aromatic rings. The van der Waals surface area contributed by atoms with Crippen molar-refractivity contribution < 1.29 is 9.53 Å². The van der Waals surface area contributed by atoms with Crippen LogP contribution in [0.3, 0.4) is 0 Å². The van der Waals surface area contributed by atoms with Gasteiger partial charge in [0.2, 0.25) is 0 Å². The van der Waals surface area contributed by atoms with Crippen LogP contribution in [0.2, 0.25) is 0 Å². The van der Waals surface area contributed by atoms with E-state index in [1.54, 1.807) is 0 Å². The maximum Gasteiger partial charge on any atom is 0.410 e. The Labute approximate surface area is 128 Å². The van der Waals surface area contributed by atoms with E-state index >= 15 is 0 Å². The van der Waals surface area contributed by atoms with Gasteiger partial charge in [-0.15, -0.1) is 0 Å². The van der Waals surface area contributed by atoms with Crippen LogP contribution < -0.4 is 5.32 Å². The molecule has 4 nitrogen and oxygen atoms in total. The molecule has 1 aromatic carbocycles. The van der Waals surface area contributed by atoms with E-state index in [2.05, 4.69) is 27.3 Å². The standard InChI is InChI=1S/C15H21BrN2O2/c1-15(2,3)20-14(19)18-8-7-17-10-13(18)11-5-4-6-12(16)9-11/h4-6,9,13,17H,7-8,10H2,1-3H3. The second-order valence-corrected chi connectivity index (χ2v) is 6.86. The van der Waals surface area contributed by atoms with Crippen molar-refractivity contribution in [2.45, 2.75) is 32.4 Å². The van der Waals surface area contributed by atoms with Crippen LogP contribution in [0.4, 0.5) is 4.79 Å². The molecule has 1 aliphatic rings. The Morgan fingerprint density at radius 3 is 2.85 bits per heavy atom. The number of piperazine rings is 1. The summed E-state index contributed by atoms with van der Waals surface area (Å²) in [5.74, 6) is 0. The maximum atomic E-state index is 12.3. The molecular weight excluding hydrogens is 320 g/mol. The third-order valence-corrected chi connectivity index (χ3v) is 3.60. The van der Waals surface area contributed by atoms with Crippen LogP contribution in [-0.4, -0.2) is 36.2 Å². The lowest BCUT2D eigenvalue weighted by Crippen LogP contribution is -2.50. The molecule has 2 rings (SSSR count). The van der Waals surface area contributed by atoms with Crippen LogP contribution in [0.25, 0.3) is 0 Å². The van der Waals surface area contributed by atoms with Crippen LogP contribution in [0.1, 0.15) is 32.4 Å². The summed E-state index contributed by atoms with van der Waals surface area (Å²) in [5.41, 5.74) is 0.640. The van der Waals surface area contributed by atoms with Crippen LogP contribution in [0, 0.1) is 0 Å². The van der Waals surface area contributed by atoms with Crippen LogP contribution in [0.5, 0.6) is 0 Å². The van der Waals surface area contributed by atoms with E-state index in [0.717, 1.165) is 23.1 Å². The summed E-state index contributed by atoms with van der Waals surface area (Å²) in [4.78, 5) is 14.2. The molecule has 1 amide bonds. The number of rotatable bonds is 1. The second kappa shape index (κ2) is 6.14. The number of nitrogens with zero attached hydrogens (tertiary/aromatic N) is 1. The maximum absolute atomic E-state index is 12.3. The number of carbonyl (C=O) groups is 1. The third kappa shape index (κ3) is 3.96. The Hall–Kier alpha value is -1.07. The van der Waals surface area contributed by atoms with Gasteiger partial charge in [0, 0.05) is 24.1 Å². The molecule has 0 aliphatic carbocycles. The number of ether oxygens (including phenoxy) is 1. The number of benzene rings is 1. The Morgan fingerprint density at radius 1 is 1.45 bits per heavy atom. The van der Waals surface area contributed by atoms with E-state index in [4.69, 9.17) is 4.74 Å².